The Kier molecular flexibility index (Phi) is 7.30. The van der Waals surface area contributed by atoms with Crippen LogP contribution in [0.4, 0.5) is 5.82 Å². The lowest BCUT2D eigenvalue weighted by Gasteiger charge is -2.22. The fourth-order valence-electron chi connectivity index (χ4n) is 6.92. The van der Waals surface area contributed by atoms with Crippen molar-refractivity contribution >= 4 is 17.0 Å². The van der Waals surface area contributed by atoms with E-state index in [4.69, 9.17) is 15.0 Å². The van der Waals surface area contributed by atoms with Crippen molar-refractivity contribution in [3.05, 3.63) is 144 Å². The number of rotatable bonds is 7. The van der Waals surface area contributed by atoms with E-state index < -0.39 is 12.2 Å². The minimum Gasteiger partial charge on any atom is -0.390 e. The van der Waals surface area contributed by atoms with Crippen LogP contribution in [-0.4, -0.2) is 48.5 Å². The van der Waals surface area contributed by atoms with Crippen LogP contribution < -0.4 is 5.32 Å². The molecule has 0 spiro atoms. The van der Waals surface area contributed by atoms with Gasteiger partial charge in [0.25, 0.3) is 0 Å². The first-order valence-corrected chi connectivity index (χ1v) is 15.8. The van der Waals surface area contributed by atoms with Crippen molar-refractivity contribution in [1.29, 1.82) is 0 Å². The fourth-order valence-corrected chi connectivity index (χ4v) is 6.92. The van der Waals surface area contributed by atoms with Crippen molar-refractivity contribution in [3.63, 3.8) is 0 Å². The predicted molar refractivity (Wildman–Crippen MR) is 179 cm³/mol. The average Bonchev–Trinajstić information content (AvgIpc) is 3.72. The lowest BCUT2D eigenvalue weighted by molar-refractivity contribution is 0.00386. The molecule has 8 rings (SSSR count). The van der Waals surface area contributed by atoms with Gasteiger partial charge in [0.15, 0.2) is 17.0 Å². The molecule has 2 saturated carbocycles. The Labute approximate surface area is 267 Å². The molecule has 0 unspecified atom stereocenters. The van der Waals surface area contributed by atoms with E-state index >= 15 is 0 Å². The quantitative estimate of drug-likeness (QED) is 0.192. The van der Waals surface area contributed by atoms with Crippen molar-refractivity contribution in [2.75, 3.05) is 11.9 Å². The zero-order chi connectivity index (χ0) is 31.0. The van der Waals surface area contributed by atoms with Gasteiger partial charge >= 0.3 is 0 Å². The highest BCUT2D eigenvalue weighted by Crippen LogP contribution is 2.58. The van der Waals surface area contributed by atoms with Gasteiger partial charge in [-0.3, -0.25) is 0 Å². The lowest BCUT2D eigenvalue weighted by Crippen LogP contribution is -2.31. The number of aliphatic hydroxyl groups is 2. The summed E-state index contributed by atoms with van der Waals surface area (Å²) in [6, 6.07) is 39.0. The molecule has 2 aromatic heterocycles. The Morgan fingerprint density at radius 3 is 1.98 bits per heavy atom. The van der Waals surface area contributed by atoms with Crippen LogP contribution in [0.2, 0.25) is 0 Å². The summed E-state index contributed by atoms with van der Waals surface area (Å²) in [6.07, 6.45) is 1.01. The van der Waals surface area contributed by atoms with Gasteiger partial charge < -0.3 is 20.1 Å². The summed E-state index contributed by atoms with van der Waals surface area (Å²) >= 11 is 0. The Morgan fingerprint density at radius 2 is 1.35 bits per heavy atom. The minimum atomic E-state index is -0.870. The van der Waals surface area contributed by atoms with E-state index in [2.05, 4.69) is 90.0 Å². The van der Waals surface area contributed by atoms with Gasteiger partial charge in [0, 0.05) is 18.0 Å². The third kappa shape index (κ3) is 5.32. The van der Waals surface area contributed by atoms with Gasteiger partial charge in [-0.25, -0.2) is 15.0 Å². The minimum absolute atomic E-state index is 0.0752. The van der Waals surface area contributed by atoms with Gasteiger partial charge in [0.2, 0.25) is 5.82 Å². The number of hydrogen-bond acceptors (Lipinski definition) is 6. The van der Waals surface area contributed by atoms with Crippen LogP contribution in [0.15, 0.2) is 122 Å². The molecule has 7 heteroatoms. The molecule has 0 amide bonds. The third-order valence-corrected chi connectivity index (χ3v) is 9.40. The summed E-state index contributed by atoms with van der Waals surface area (Å²) in [7, 11) is 0. The van der Waals surface area contributed by atoms with Gasteiger partial charge in [0.05, 0.1) is 18.5 Å². The molecule has 0 bridgehead atoms. The molecule has 0 saturated heterocycles. The molecule has 2 aliphatic rings. The Balaban J connectivity index is 1.16. The molecule has 0 aliphatic heterocycles. The molecule has 6 aromatic rings. The number of nitrogens with zero attached hydrogens (tertiary/aromatic N) is 4. The maximum Gasteiger partial charge on any atom is 0.209 e. The zero-order valence-corrected chi connectivity index (χ0v) is 25.1. The maximum atomic E-state index is 10.9. The molecule has 226 valence electrons. The van der Waals surface area contributed by atoms with Gasteiger partial charge in [-0.2, -0.15) is 0 Å². The number of hydrogen-bond donors (Lipinski definition) is 3. The second kappa shape index (κ2) is 11.9. The molecule has 2 fully saturated rings. The molecular weight excluding hydrogens is 570 g/mol. The molecule has 3 N–H and O–H groups in total. The molecule has 2 aliphatic carbocycles. The van der Waals surface area contributed by atoms with Crippen LogP contribution >= 0.6 is 0 Å². The summed E-state index contributed by atoms with van der Waals surface area (Å²) in [4.78, 5) is 14.5. The second-order valence-electron chi connectivity index (χ2n) is 12.2. The largest absolute Gasteiger partial charge is 0.390 e. The SMILES string of the molecule is O[C@@H]1[C@H](O)[C@@H]2C[C@@H]2[C@H]1n1cnc2c(NCC(c3ccccc3)c3ccccc3)nc(C#Cc3ccc(-c4ccccc4)cc3)nc21. The number of benzene rings is 4. The van der Waals surface area contributed by atoms with Crippen molar-refractivity contribution in [3.8, 4) is 23.0 Å². The fraction of sp³-hybridized carbons (Fsp3) is 0.205. The molecule has 4 aromatic carbocycles. The van der Waals surface area contributed by atoms with Crippen LogP contribution in [-0.2, 0) is 0 Å². The van der Waals surface area contributed by atoms with Crippen LogP contribution in [0, 0.1) is 23.7 Å². The first-order chi connectivity index (χ1) is 22.6. The lowest BCUT2D eigenvalue weighted by atomic mass is 9.91. The van der Waals surface area contributed by atoms with Crippen LogP contribution in [0.25, 0.3) is 22.3 Å². The number of anilines is 1. The number of aliphatic hydroxyl groups excluding tert-OH is 2. The summed E-state index contributed by atoms with van der Waals surface area (Å²) < 4.78 is 1.92. The third-order valence-electron chi connectivity index (χ3n) is 9.40. The monoisotopic (exact) mass is 603 g/mol. The van der Waals surface area contributed by atoms with Gasteiger partial charge in [-0.1, -0.05) is 109 Å². The zero-order valence-electron chi connectivity index (χ0n) is 25.1. The molecule has 7 nitrogen and oxygen atoms in total. The Morgan fingerprint density at radius 1 is 0.717 bits per heavy atom. The van der Waals surface area contributed by atoms with Gasteiger partial charge in [-0.15, -0.1) is 0 Å². The van der Waals surface area contributed by atoms with E-state index in [1.165, 1.54) is 11.1 Å². The standard InChI is InChI=1S/C39H33N5O2/c45-36-31-22-30(31)35(37(36)46)44-24-41-34-38(40-23-32(28-12-6-2-7-13-28)29-14-8-3-9-15-29)42-33(43-39(34)44)21-18-25-16-19-27(20-17-25)26-10-4-1-5-11-26/h1-17,19-20,24,30-32,35-37,45-46H,22-23H2,(H,40,42,43)/t30-,31+,35+,36+,37-/m0/s1. The van der Waals surface area contributed by atoms with Crippen molar-refractivity contribution in [2.45, 2.75) is 30.6 Å². The average molecular weight is 604 g/mol. The Bertz CT molecular complexity index is 2000. The highest BCUT2D eigenvalue weighted by atomic mass is 16.3. The number of fused-ring (bicyclic) bond motifs is 2. The summed E-state index contributed by atoms with van der Waals surface area (Å²) in [5.74, 6) is 7.77. The van der Waals surface area contributed by atoms with Crippen LogP contribution in [0.1, 0.15) is 40.9 Å². The number of aromatic nitrogens is 4. The number of imidazole rings is 1. The first-order valence-electron chi connectivity index (χ1n) is 15.8. The highest BCUT2D eigenvalue weighted by molar-refractivity contribution is 5.83. The van der Waals surface area contributed by atoms with E-state index in [0.29, 0.717) is 29.4 Å². The molecule has 0 radical (unpaired) electrons. The van der Waals surface area contributed by atoms with Crippen LogP contribution in [0.3, 0.4) is 0 Å². The smallest absolute Gasteiger partial charge is 0.209 e. The molecular formula is C39H33N5O2. The van der Waals surface area contributed by atoms with Crippen molar-refractivity contribution in [1.82, 2.24) is 19.5 Å². The molecule has 46 heavy (non-hydrogen) atoms. The summed E-state index contributed by atoms with van der Waals surface area (Å²) in [6.45, 7) is 0.580. The predicted octanol–water partition coefficient (Wildman–Crippen LogP) is 6.05. The number of nitrogens with one attached hydrogen (secondary N) is 1. The van der Waals surface area contributed by atoms with Crippen molar-refractivity contribution in [2.24, 2.45) is 11.8 Å². The van der Waals surface area contributed by atoms with Gasteiger partial charge in [-0.05, 0) is 58.6 Å². The van der Waals surface area contributed by atoms with E-state index in [1.54, 1.807) is 6.33 Å². The first kappa shape index (κ1) is 28.2. The van der Waals surface area contributed by atoms with E-state index in [0.717, 1.165) is 23.1 Å². The highest BCUT2D eigenvalue weighted by Gasteiger charge is 2.60. The van der Waals surface area contributed by atoms with Crippen LogP contribution in [0.5, 0.6) is 0 Å². The van der Waals surface area contributed by atoms with Crippen molar-refractivity contribution < 1.29 is 10.2 Å². The molecule has 5 atom stereocenters. The van der Waals surface area contributed by atoms with E-state index in [-0.39, 0.29) is 23.8 Å². The molecule has 2 heterocycles. The topological polar surface area (TPSA) is 96.1 Å². The normalized spacial score (nSPS) is 21.5. The summed E-state index contributed by atoms with van der Waals surface area (Å²) in [5.41, 5.74) is 6.74. The van der Waals surface area contributed by atoms with E-state index in [9.17, 15) is 10.2 Å². The van der Waals surface area contributed by atoms with Gasteiger partial charge in [0.1, 0.15) is 6.10 Å². The Hall–Kier alpha value is -5.29. The van der Waals surface area contributed by atoms with E-state index in [1.807, 2.05) is 47.0 Å². The maximum absolute atomic E-state index is 10.9. The second-order valence-corrected chi connectivity index (χ2v) is 12.2. The summed E-state index contributed by atoms with van der Waals surface area (Å²) in [5, 5.41) is 25.1.